The summed E-state index contributed by atoms with van der Waals surface area (Å²) in [5.41, 5.74) is 0. The third kappa shape index (κ3) is 4.36. The number of aromatic nitrogens is 2. The summed E-state index contributed by atoms with van der Waals surface area (Å²) in [5.74, 6) is -0.866. The highest BCUT2D eigenvalue weighted by Crippen LogP contribution is 2.28. The van der Waals surface area contributed by atoms with Gasteiger partial charge in [-0.25, -0.2) is 9.97 Å². The van der Waals surface area contributed by atoms with E-state index in [1.807, 2.05) is 19.0 Å². The van der Waals surface area contributed by atoms with Crippen molar-refractivity contribution in [1.29, 1.82) is 0 Å². The molecule has 0 aliphatic carbocycles. The highest BCUT2D eigenvalue weighted by molar-refractivity contribution is 5.47. The normalized spacial score (nSPS) is 11.7. The van der Waals surface area contributed by atoms with Gasteiger partial charge in [-0.1, -0.05) is 0 Å². The Kier molecular flexibility index (Phi) is 4.71. The summed E-state index contributed by atoms with van der Waals surface area (Å²) in [6.45, 7) is 1.20. The van der Waals surface area contributed by atoms with E-state index < -0.39 is 12.0 Å². The highest BCUT2D eigenvalue weighted by Gasteiger charge is 2.35. The fourth-order valence-corrected chi connectivity index (χ4v) is 1.20. The molecule has 1 heterocycles. The fourth-order valence-electron chi connectivity index (χ4n) is 1.20. The molecule has 0 unspecified atom stereocenters. The van der Waals surface area contributed by atoms with Crippen LogP contribution in [0, 0.1) is 0 Å². The maximum absolute atomic E-state index is 12.5. The molecule has 102 valence electrons. The number of halogens is 3. The Hall–Kier alpha value is -1.57. The zero-order valence-corrected chi connectivity index (χ0v) is 10.5. The van der Waals surface area contributed by atoms with E-state index in [2.05, 4.69) is 20.6 Å². The zero-order chi connectivity index (χ0) is 13.8. The molecular formula is C10H16F3N5. The first-order valence-corrected chi connectivity index (χ1v) is 5.35. The van der Waals surface area contributed by atoms with Gasteiger partial charge in [-0.05, 0) is 14.1 Å². The Labute approximate surface area is 103 Å². The molecule has 0 amide bonds. The molecule has 5 nitrogen and oxygen atoms in total. The quantitative estimate of drug-likeness (QED) is 0.843. The van der Waals surface area contributed by atoms with E-state index in [1.165, 1.54) is 13.1 Å². The van der Waals surface area contributed by atoms with Gasteiger partial charge in [0.1, 0.15) is 11.6 Å². The predicted octanol–water partition coefficient (Wildman–Crippen LogP) is 1.51. The first kappa shape index (κ1) is 14.5. The number of rotatable bonds is 5. The monoisotopic (exact) mass is 263 g/mol. The maximum Gasteiger partial charge on any atom is 0.451 e. The first-order chi connectivity index (χ1) is 8.32. The summed E-state index contributed by atoms with van der Waals surface area (Å²) >= 11 is 0. The molecule has 0 bridgehead atoms. The Morgan fingerprint density at radius 3 is 2.33 bits per heavy atom. The summed E-state index contributed by atoms with van der Waals surface area (Å²) in [4.78, 5) is 8.73. The number of hydrogen-bond donors (Lipinski definition) is 2. The van der Waals surface area contributed by atoms with E-state index in [0.717, 1.165) is 0 Å². The van der Waals surface area contributed by atoms with Gasteiger partial charge in [0, 0.05) is 26.2 Å². The molecule has 8 heteroatoms. The van der Waals surface area contributed by atoms with E-state index in [-0.39, 0.29) is 11.6 Å². The van der Waals surface area contributed by atoms with Crippen molar-refractivity contribution in [2.45, 2.75) is 6.18 Å². The van der Waals surface area contributed by atoms with Gasteiger partial charge in [0.05, 0.1) is 0 Å². The molecule has 18 heavy (non-hydrogen) atoms. The van der Waals surface area contributed by atoms with Crippen LogP contribution in [0.1, 0.15) is 5.82 Å². The molecule has 0 saturated heterocycles. The Morgan fingerprint density at radius 2 is 1.83 bits per heavy atom. The molecule has 0 aliphatic rings. The van der Waals surface area contributed by atoms with Crippen LogP contribution in [0.4, 0.5) is 24.8 Å². The van der Waals surface area contributed by atoms with Crippen LogP contribution >= 0.6 is 0 Å². The number of hydrogen-bond acceptors (Lipinski definition) is 5. The van der Waals surface area contributed by atoms with Crippen molar-refractivity contribution >= 4 is 11.6 Å². The topological polar surface area (TPSA) is 53.1 Å². The molecule has 0 saturated carbocycles. The van der Waals surface area contributed by atoms with Crippen LogP contribution in [0.25, 0.3) is 0 Å². The van der Waals surface area contributed by atoms with E-state index in [1.54, 1.807) is 0 Å². The second-order valence-corrected chi connectivity index (χ2v) is 3.94. The molecule has 1 rings (SSSR count). The minimum atomic E-state index is -4.55. The second kappa shape index (κ2) is 5.85. The van der Waals surface area contributed by atoms with Crippen molar-refractivity contribution in [3.63, 3.8) is 0 Å². The molecule has 0 aromatic carbocycles. The maximum atomic E-state index is 12.5. The zero-order valence-electron chi connectivity index (χ0n) is 10.5. The molecule has 0 radical (unpaired) electrons. The summed E-state index contributed by atoms with van der Waals surface area (Å²) in [5, 5.41) is 5.41. The van der Waals surface area contributed by atoms with Crippen LogP contribution in [0.2, 0.25) is 0 Å². The molecule has 1 aromatic heterocycles. The van der Waals surface area contributed by atoms with Gasteiger partial charge in [-0.2, -0.15) is 13.2 Å². The van der Waals surface area contributed by atoms with Crippen LogP contribution in [0.15, 0.2) is 6.07 Å². The Balaban J connectivity index is 2.84. The minimum Gasteiger partial charge on any atom is -0.373 e. The van der Waals surface area contributed by atoms with Gasteiger partial charge in [-0.3, -0.25) is 0 Å². The van der Waals surface area contributed by atoms with Gasteiger partial charge in [-0.15, -0.1) is 0 Å². The van der Waals surface area contributed by atoms with E-state index in [0.29, 0.717) is 13.1 Å². The Bertz CT molecular complexity index is 392. The Morgan fingerprint density at radius 1 is 1.22 bits per heavy atom. The molecule has 2 N–H and O–H groups in total. The summed E-state index contributed by atoms with van der Waals surface area (Å²) in [6, 6.07) is 1.44. The van der Waals surface area contributed by atoms with Gasteiger partial charge in [0.25, 0.3) is 0 Å². The average molecular weight is 263 g/mol. The smallest absolute Gasteiger partial charge is 0.373 e. The molecule has 1 aromatic rings. The van der Waals surface area contributed by atoms with E-state index in [4.69, 9.17) is 0 Å². The van der Waals surface area contributed by atoms with Gasteiger partial charge >= 0.3 is 6.18 Å². The summed E-state index contributed by atoms with van der Waals surface area (Å²) in [7, 11) is 5.26. The fraction of sp³-hybridized carbons (Fsp3) is 0.600. The number of anilines is 2. The molecule has 0 aliphatic heterocycles. The first-order valence-electron chi connectivity index (χ1n) is 5.35. The van der Waals surface area contributed by atoms with Crippen LogP contribution in [-0.4, -0.2) is 49.1 Å². The van der Waals surface area contributed by atoms with Gasteiger partial charge in [0.15, 0.2) is 0 Å². The number of nitrogens with zero attached hydrogens (tertiary/aromatic N) is 3. The lowest BCUT2D eigenvalue weighted by molar-refractivity contribution is -0.144. The molecule has 0 fully saturated rings. The molecule has 0 atom stereocenters. The van der Waals surface area contributed by atoms with Crippen LogP contribution in [0.5, 0.6) is 0 Å². The lowest BCUT2D eigenvalue weighted by Gasteiger charge is -2.13. The molecule has 0 spiro atoms. The van der Waals surface area contributed by atoms with Crippen molar-refractivity contribution in [3.8, 4) is 0 Å². The highest BCUT2D eigenvalue weighted by atomic mass is 19.4. The predicted molar refractivity (Wildman–Crippen MR) is 63.6 cm³/mol. The summed E-state index contributed by atoms with van der Waals surface area (Å²) < 4.78 is 37.6. The largest absolute Gasteiger partial charge is 0.451 e. The number of nitrogens with one attached hydrogen (secondary N) is 2. The van der Waals surface area contributed by atoms with E-state index in [9.17, 15) is 13.2 Å². The van der Waals surface area contributed by atoms with Crippen molar-refractivity contribution < 1.29 is 13.2 Å². The third-order valence-corrected chi connectivity index (χ3v) is 2.10. The van der Waals surface area contributed by atoms with E-state index >= 15 is 0 Å². The lowest BCUT2D eigenvalue weighted by atomic mass is 10.4. The average Bonchev–Trinajstić information content (AvgIpc) is 2.27. The van der Waals surface area contributed by atoms with Gasteiger partial charge in [0.2, 0.25) is 5.82 Å². The van der Waals surface area contributed by atoms with Crippen LogP contribution < -0.4 is 10.6 Å². The van der Waals surface area contributed by atoms with Crippen molar-refractivity contribution in [1.82, 2.24) is 14.9 Å². The van der Waals surface area contributed by atoms with Crippen LogP contribution in [-0.2, 0) is 6.18 Å². The van der Waals surface area contributed by atoms with Crippen LogP contribution in [0.3, 0.4) is 0 Å². The van der Waals surface area contributed by atoms with Crippen molar-refractivity contribution in [2.75, 3.05) is 44.9 Å². The van der Waals surface area contributed by atoms with Gasteiger partial charge < -0.3 is 15.5 Å². The summed E-state index contributed by atoms with van der Waals surface area (Å²) in [6.07, 6.45) is -4.55. The minimum absolute atomic E-state index is 0.129. The standard InChI is InChI=1S/C10H16F3N5/c1-14-7-6-8(15-4-5-18(2)3)17-9(16-7)10(11,12)13/h6H,4-5H2,1-3H3,(H2,14,15,16,17). The third-order valence-electron chi connectivity index (χ3n) is 2.10. The molecular weight excluding hydrogens is 247 g/mol. The van der Waals surface area contributed by atoms with Crippen molar-refractivity contribution in [2.24, 2.45) is 0 Å². The SMILES string of the molecule is CNc1cc(NCCN(C)C)nc(C(F)(F)F)n1. The second-order valence-electron chi connectivity index (χ2n) is 3.94. The lowest BCUT2D eigenvalue weighted by Crippen LogP contribution is -2.22. The number of likely N-dealkylation sites (N-methyl/N-ethyl adjacent to an activating group) is 1. The number of alkyl halides is 3. The van der Waals surface area contributed by atoms with Crippen molar-refractivity contribution in [3.05, 3.63) is 11.9 Å².